The molecule has 0 amide bonds. The molecule has 1 N–H and O–H groups in total. The maximum Gasteiger partial charge on any atom is 0.573 e. The van der Waals surface area contributed by atoms with Crippen molar-refractivity contribution in [3.63, 3.8) is 0 Å². The van der Waals surface area contributed by atoms with E-state index in [0.29, 0.717) is 11.5 Å². The van der Waals surface area contributed by atoms with E-state index in [-0.39, 0.29) is 11.2 Å². The number of benzene rings is 2. The van der Waals surface area contributed by atoms with E-state index >= 15 is 0 Å². The Morgan fingerprint density at radius 3 is 2.19 bits per heavy atom. The van der Waals surface area contributed by atoms with Crippen molar-refractivity contribution in [1.82, 2.24) is 9.97 Å². The van der Waals surface area contributed by atoms with Gasteiger partial charge in [0.05, 0.1) is 10.2 Å². The van der Waals surface area contributed by atoms with Gasteiger partial charge >= 0.3 is 6.36 Å². The lowest BCUT2D eigenvalue weighted by molar-refractivity contribution is -0.274. The second kappa shape index (κ2) is 7.85. The molecule has 4 rings (SSSR count). The summed E-state index contributed by atoms with van der Waals surface area (Å²) in [7, 11) is 0. The number of halogens is 3. The maximum absolute atomic E-state index is 12.3. The molecule has 0 radical (unpaired) electrons. The van der Waals surface area contributed by atoms with Crippen molar-refractivity contribution in [2.24, 2.45) is 0 Å². The van der Waals surface area contributed by atoms with Gasteiger partial charge in [-0.1, -0.05) is 45.0 Å². The summed E-state index contributed by atoms with van der Waals surface area (Å²) in [6.07, 6.45) is -3.25. The van der Waals surface area contributed by atoms with Crippen LogP contribution < -0.4 is 10.1 Å². The Morgan fingerprint density at radius 1 is 0.903 bits per heavy atom. The van der Waals surface area contributed by atoms with Gasteiger partial charge in [-0.3, -0.25) is 0 Å². The van der Waals surface area contributed by atoms with Crippen molar-refractivity contribution in [2.45, 2.75) is 32.5 Å². The van der Waals surface area contributed by atoms with Crippen LogP contribution in [-0.2, 0) is 5.41 Å². The molecule has 2 aromatic carbocycles. The summed E-state index contributed by atoms with van der Waals surface area (Å²) in [5.74, 6) is 0.319. The standard InChI is InChI=1S/C23H20F3N3OS/c1-22(2,3)15-6-4-14(5-7-15)19-12-18-20(31-19)21(28-13-27-18)29-16-8-10-17(11-9-16)30-23(24,25)26/h4-13H,1-3H3,(H,27,28,29). The fourth-order valence-corrected chi connectivity index (χ4v) is 4.16. The molecule has 160 valence electrons. The molecule has 2 heterocycles. The highest BCUT2D eigenvalue weighted by atomic mass is 32.1. The molecule has 8 heteroatoms. The predicted octanol–water partition coefficient (Wildman–Crippen LogP) is 7.30. The highest BCUT2D eigenvalue weighted by Gasteiger charge is 2.31. The van der Waals surface area contributed by atoms with Gasteiger partial charge in [0.2, 0.25) is 0 Å². The second-order valence-corrected chi connectivity index (χ2v) is 9.12. The zero-order valence-electron chi connectivity index (χ0n) is 17.1. The van der Waals surface area contributed by atoms with E-state index in [9.17, 15) is 13.2 Å². The van der Waals surface area contributed by atoms with Crippen molar-refractivity contribution in [3.8, 4) is 16.2 Å². The van der Waals surface area contributed by atoms with Gasteiger partial charge in [-0.2, -0.15) is 0 Å². The van der Waals surface area contributed by atoms with Crippen molar-refractivity contribution in [1.29, 1.82) is 0 Å². The first-order chi connectivity index (χ1) is 14.6. The summed E-state index contributed by atoms with van der Waals surface area (Å²) in [5, 5.41) is 3.15. The molecule has 4 aromatic rings. The van der Waals surface area contributed by atoms with Gasteiger partial charge in [0.1, 0.15) is 12.1 Å². The van der Waals surface area contributed by atoms with Crippen LogP contribution in [0.4, 0.5) is 24.7 Å². The lowest BCUT2D eigenvalue weighted by atomic mass is 9.86. The topological polar surface area (TPSA) is 47.0 Å². The number of nitrogens with zero attached hydrogens (tertiary/aromatic N) is 2. The monoisotopic (exact) mass is 443 g/mol. The van der Waals surface area contributed by atoms with Crippen LogP contribution in [0.25, 0.3) is 20.7 Å². The minimum Gasteiger partial charge on any atom is -0.406 e. The number of aromatic nitrogens is 2. The Balaban J connectivity index is 1.59. The lowest BCUT2D eigenvalue weighted by Crippen LogP contribution is -2.16. The van der Waals surface area contributed by atoms with Gasteiger partial charge in [-0.25, -0.2) is 9.97 Å². The number of hydrogen-bond donors (Lipinski definition) is 1. The molecule has 0 bridgehead atoms. The molecule has 0 saturated heterocycles. The fourth-order valence-electron chi connectivity index (χ4n) is 3.10. The van der Waals surface area contributed by atoms with Crippen molar-refractivity contribution in [2.75, 3.05) is 5.32 Å². The van der Waals surface area contributed by atoms with E-state index in [0.717, 1.165) is 20.7 Å². The van der Waals surface area contributed by atoms with Crippen LogP contribution in [0.15, 0.2) is 60.9 Å². The quantitative estimate of drug-likeness (QED) is 0.360. The molecule has 4 nitrogen and oxygen atoms in total. The number of rotatable bonds is 4. The van der Waals surface area contributed by atoms with E-state index in [1.165, 1.54) is 36.2 Å². The molecule has 0 aliphatic heterocycles. The van der Waals surface area contributed by atoms with E-state index < -0.39 is 6.36 Å². The van der Waals surface area contributed by atoms with Crippen LogP contribution in [0.3, 0.4) is 0 Å². The number of alkyl halides is 3. The molecular formula is C23H20F3N3OS. The molecule has 0 spiro atoms. The molecule has 0 aliphatic rings. The van der Waals surface area contributed by atoms with Gasteiger partial charge in [0.15, 0.2) is 5.82 Å². The van der Waals surface area contributed by atoms with E-state index in [4.69, 9.17) is 0 Å². The third kappa shape index (κ3) is 4.96. The predicted molar refractivity (Wildman–Crippen MR) is 118 cm³/mol. The molecular weight excluding hydrogens is 423 g/mol. The molecule has 2 aromatic heterocycles. The van der Waals surface area contributed by atoms with Crippen LogP contribution in [0.1, 0.15) is 26.3 Å². The third-order valence-corrected chi connectivity index (χ3v) is 5.88. The number of hydrogen-bond acceptors (Lipinski definition) is 5. The highest BCUT2D eigenvalue weighted by molar-refractivity contribution is 7.22. The van der Waals surface area contributed by atoms with Crippen LogP contribution in [0, 0.1) is 0 Å². The van der Waals surface area contributed by atoms with Crippen molar-refractivity contribution >= 4 is 33.1 Å². The van der Waals surface area contributed by atoms with E-state index in [1.54, 1.807) is 11.3 Å². The number of ether oxygens (including phenoxy) is 1. The zero-order chi connectivity index (χ0) is 22.2. The van der Waals surface area contributed by atoms with Crippen molar-refractivity contribution in [3.05, 3.63) is 66.5 Å². The summed E-state index contributed by atoms with van der Waals surface area (Å²) in [5.41, 5.74) is 3.84. The Kier molecular flexibility index (Phi) is 5.35. The smallest absolute Gasteiger partial charge is 0.406 e. The zero-order valence-corrected chi connectivity index (χ0v) is 17.9. The fraction of sp³-hybridized carbons (Fsp3) is 0.217. The first-order valence-corrected chi connectivity index (χ1v) is 10.4. The van der Waals surface area contributed by atoms with E-state index in [2.05, 4.69) is 65.1 Å². The number of nitrogens with one attached hydrogen (secondary N) is 1. The van der Waals surface area contributed by atoms with Gasteiger partial charge in [0, 0.05) is 10.6 Å². The van der Waals surface area contributed by atoms with Gasteiger partial charge in [-0.05, 0) is 46.9 Å². The number of thiophene rings is 1. The minimum absolute atomic E-state index is 0.0853. The minimum atomic E-state index is -4.72. The molecule has 0 fully saturated rings. The molecule has 0 atom stereocenters. The first kappa shape index (κ1) is 21.1. The lowest BCUT2D eigenvalue weighted by Gasteiger charge is -2.18. The second-order valence-electron chi connectivity index (χ2n) is 8.07. The normalized spacial score (nSPS) is 12.2. The van der Waals surface area contributed by atoms with Crippen LogP contribution >= 0.6 is 11.3 Å². The summed E-state index contributed by atoms with van der Waals surface area (Å²) >= 11 is 1.56. The van der Waals surface area contributed by atoms with Crippen molar-refractivity contribution < 1.29 is 17.9 Å². The highest BCUT2D eigenvalue weighted by Crippen LogP contribution is 2.37. The van der Waals surface area contributed by atoms with Crippen LogP contribution in [0.2, 0.25) is 0 Å². The Morgan fingerprint density at radius 2 is 1.58 bits per heavy atom. The molecule has 0 saturated carbocycles. The van der Waals surface area contributed by atoms with Gasteiger partial charge in [-0.15, -0.1) is 24.5 Å². The van der Waals surface area contributed by atoms with Crippen LogP contribution in [0.5, 0.6) is 5.75 Å². The molecule has 0 unspecified atom stereocenters. The van der Waals surface area contributed by atoms with Gasteiger partial charge in [0.25, 0.3) is 0 Å². The summed E-state index contributed by atoms with van der Waals surface area (Å²) in [6, 6.07) is 16.0. The SMILES string of the molecule is CC(C)(C)c1ccc(-c2cc3ncnc(Nc4ccc(OC(F)(F)F)cc4)c3s2)cc1. The Hall–Kier alpha value is -3.13. The average Bonchev–Trinajstić information content (AvgIpc) is 3.13. The Labute approximate surface area is 181 Å². The summed E-state index contributed by atoms with van der Waals surface area (Å²) in [4.78, 5) is 9.73. The molecule has 31 heavy (non-hydrogen) atoms. The first-order valence-electron chi connectivity index (χ1n) is 9.57. The largest absolute Gasteiger partial charge is 0.573 e. The van der Waals surface area contributed by atoms with Gasteiger partial charge < -0.3 is 10.1 Å². The molecule has 0 aliphatic carbocycles. The third-order valence-electron chi connectivity index (χ3n) is 4.70. The summed E-state index contributed by atoms with van der Waals surface area (Å²) < 4.78 is 41.8. The van der Waals surface area contributed by atoms with Crippen LogP contribution in [-0.4, -0.2) is 16.3 Å². The average molecular weight is 443 g/mol. The number of anilines is 2. The van der Waals surface area contributed by atoms with E-state index in [1.807, 2.05) is 6.07 Å². The summed E-state index contributed by atoms with van der Waals surface area (Å²) in [6.45, 7) is 6.53. The number of fused-ring (bicyclic) bond motifs is 1. The maximum atomic E-state index is 12.3. The Bertz CT molecular complexity index is 1190.